The molecule has 0 aromatic carbocycles. The Hall–Kier alpha value is -0.0500. The summed E-state index contributed by atoms with van der Waals surface area (Å²) in [4.78, 5) is 12.1. The van der Waals surface area contributed by atoms with E-state index in [0.717, 1.165) is 42.0 Å². The first-order valence-electron chi connectivity index (χ1n) is 7.66. The molecule has 0 aromatic heterocycles. The normalized spacial score (nSPS) is 39.7. The van der Waals surface area contributed by atoms with Crippen molar-refractivity contribution in [1.29, 1.82) is 0 Å². The van der Waals surface area contributed by atoms with Crippen LogP contribution in [0.15, 0.2) is 0 Å². The molecule has 0 radical (unpaired) electrons. The maximum Gasteiger partial charge on any atom is 0.223 e. The fraction of sp³-hybridized carbons (Fsp3) is 0.933. The molecule has 3 rings (SSSR count). The first-order valence-corrected chi connectivity index (χ1v) is 8.78. The van der Waals surface area contributed by atoms with Gasteiger partial charge >= 0.3 is 0 Å². The summed E-state index contributed by atoms with van der Waals surface area (Å²) in [6, 6.07) is 0. The Balaban J connectivity index is 1.32. The summed E-state index contributed by atoms with van der Waals surface area (Å²) in [5.74, 6) is 4.19. The topological polar surface area (TPSA) is 29.1 Å². The van der Waals surface area contributed by atoms with E-state index in [1.165, 1.54) is 38.5 Å². The van der Waals surface area contributed by atoms with Gasteiger partial charge in [0.05, 0.1) is 0 Å². The lowest BCUT2D eigenvalue weighted by Crippen LogP contribution is -2.28. The summed E-state index contributed by atoms with van der Waals surface area (Å²) in [7, 11) is 0. The second-order valence-electron chi connectivity index (χ2n) is 6.41. The van der Waals surface area contributed by atoms with Crippen molar-refractivity contribution in [3.8, 4) is 0 Å². The largest absolute Gasteiger partial charge is 0.356 e. The summed E-state index contributed by atoms with van der Waals surface area (Å²) < 4.78 is 0. The third-order valence-corrected chi connectivity index (χ3v) is 5.96. The minimum atomic E-state index is 0.377. The maximum atomic E-state index is 12.1. The molecule has 2 bridgehead atoms. The Morgan fingerprint density at radius 3 is 2.39 bits per heavy atom. The van der Waals surface area contributed by atoms with Crippen molar-refractivity contribution in [3.05, 3.63) is 0 Å². The third kappa shape index (κ3) is 2.35. The van der Waals surface area contributed by atoms with Crippen molar-refractivity contribution in [2.45, 2.75) is 44.9 Å². The monoisotopic (exact) mass is 313 g/mol. The molecule has 3 aliphatic rings. The van der Waals surface area contributed by atoms with E-state index in [9.17, 15) is 4.79 Å². The lowest BCUT2D eigenvalue weighted by atomic mass is 10.0. The molecule has 0 aliphatic heterocycles. The number of carbonyl (C=O) groups excluding carboxylic acids is 1. The van der Waals surface area contributed by atoms with E-state index in [0.29, 0.717) is 11.8 Å². The summed E-state index contributed by atoms with van der Waals surface area (Å²) in [5, 5.41) is 4.27. The van der Waals surface area contributed by atoms with Gasteiger partial charge in [-0.3, -0.25) is 4.79 Å². The molecule has 1 N–H and O–H groups in total. The SMILES string of the molecule is O=C(NCCCCCCBr)C1C2C3CCC(C3)C12. The van der Waals surface area contributed by atoms with E-state index in [2.05, 4.69) is 21.2 Å². The Morgan fingerprint density at radius 1 is 1.06 bits per heavy atom. The van der Waals surface area contributed by atoms with Gasteiger partial charge in [0.1, 0.15) is 0 Å². The number of alkyl halides is 1. The van der Waals surface area contributed by atoms with Crippen LogP contribution in [0, 0.1) is 29.6 Å². The van der Waals surface area contributed by atoms with E-state index in [1.54, 1.807) is 0 Å². The lowest BCUT2D eigenvalue weighted by Gasteiger charge is -2.09. The number of hydrogen-bond donors (Lipinski definition) is 1. The van der Waals surface area contributed by atoms with Crippen LogP contribution in [0.1, 0.15) is 44.9 Å². The molecule has 4 atom stereocenters. The van der Waals surface area contributed by atoms with E-state index in [4.69, 9.17) is 0 Å². The first-order chi connectivity index (χ1) is 8.83. The molecule has 2 nitrogen and oxygen atoms in total. The third-order valence-electron chi connectivity index (χ3n) is 5.40. The number of fused-ring (bicyclic) bond motifs is 5. The van der Waals surface area contributed by atoms with E-state index in [1.807, 2.05) is 0 Å². The highest BCUT2D eigenvalue weighted by molar-refractivity contribution is 9.09. The fourth-order valence-corrected chi connectivity index (χ4v) is 4.97. The molecule has 4 unspecified atom stereocenters. The zero-order valence-corrected chi connectivity index (χ0v) is 12.6. The summed E-state index contributed by atoms with van der Waals surface area (Å²) in [6.07, 6.45) is 9.17. The Bertz CT molecular complexity index is 304. The maximum absolute atomic E-state index is 12.1. The van der Waals surface area contributed by atoms with Gasteiger partial charge in [0.15, 0.2) is 0 Å². The van der Waals surface area contributed by atoms with Crippen LogP contribution in [0.25, 0.3) is 0 Å². The molecule has 0 aromatic rings. The molecule has 3 saturated carbocycles. The quantitative estimate of drug-likeness (QED) is 0.567. The van der Waals surface area contributed by atoms with E-state index in [-0.39, 0.29) is 0 Å². The van der Waals surface area contributed by atoms with Crippen molar-refractivity contribution >= 4 is 21.8 Å². The highest BCUT2D eigenvalue weighted by Crippen LogP contribution is 2.69. The van der Waals surface area contributed by atoms with E-state index >= 15 is 0 Å². The van der Waals surface area contributed by atoms with Gasteiger partial charge in [0.25, 0.3) is 0 Å². The number of carbonyl (C=O) groups is 1. The van der Waals surface area contributed by atoms with Crippen LogP contribution in [-0.4, -0.2) is 17.8 Å². The van der Waals surface area contributed by atoms with Crippen LogP contribution in [0.4, 0.5) is 0 Å². The van der Waals surface area contributed by atoms with Crippen molar-refractivity contribution < 1.29 is 4.79 Å². The first kappa shape index (κ1) is 13.0. The van der Waals surface area contributed by atoms with Crippen molar-refractivity contribution in [2.75, 3.05) is 11.9 Å². The molecule has 18 heavy (non-hydrogen) atoms. The van der Waals surface area contributed by atoms with Crippen LogP contribution in [0.2, 0.25) is 0 Å². The molecule has 0 saturated heterocycles. The fourth-order valence-electron chi connectivity index (χ4n) is 4.58. The van der Waals surface area contributed by atoms with Gasteiger partial charge in [0, 0.05) is 17.8 Å². The van der Waals surface area contributed by atoms with Crippen LogP contribution in [0.3, 0.4) is 0 Å². The second kappa shape index (κ2) is 5.52. The Morgan fingerprint density at radius 2 is 1.72 bits per heavy atom. The van der Waals surface area contributed by atoms with Gasteiger partial charge in [-0.2, -0.15) is 0 Å². The van der Waals surface area contributed by atoms with Gasteiger partial charge in [-0.1, -0.05) is 28.8 Å². The minimum Gasteiger partial charge on any atom is -0.356 e. The van der Waals surface area contributed by atoms with Gasteiger partial charge in [-0.25, -0.2) is 0 Å². The summed E-state index contributed by atoms with van der Waals surface area (Å²) in [5.41, 5.74) is 0. The molecular weight excluding hydrogens is 290 g/mol. The highest BCUT2D eigenvalue weighted by atomic mass is 79.9. The van der Waals surface area contributed by atoms with Crippen molar-refractivity contribution in [3.63, 3.8) is 0 Å². The van der Waals surface area contributed by atoms with Crippen molar-refractivity contribution in [2.24, 2.45) is 29.6 Å². The second-order valence-corrected chi connectivity index (χ2v) is 7.20. The molecule has 0 heterocycles. The van der Waals surface area contributed by atoms with Gasteiger partial charge in [0.2, 0.25) is 5.91 Å². The smallest absolute Gasteiger partial charge is 0.223 e. The summed E-state index contributed by atoms with van der Waals surface area (Å²) >= 11 is 3.44. The number of amides is 1. The Kier molecular flexibility index (Phi) is 3.97. The average Bonchev–Trinajstić information content (AvgIpc) is 2.82. The average molecular weight is 314 g/mol. The molecular formula is C15H24BrNO. The standard InChI is InChI=1S/C15H24BrNO/c16-7-3-1-2-4-8-17-15(18)14-12-10-5-6-11(9-10)13(12)14/h10-14H,1-9H2,(H,17,18). The number of unbranched alkanes of at least 4 members (excludes halogenated alkanes) is 3. The zero-order chi connectivity index (χ0) is 12.5. The predicted octanol–water partition coefficient (Wildman–Crippen LogP) is 3.35. The van der Waals surface area contributed by atoms with Crippen LogP contribution < -0.4 is 5.32 Å². The summed E-state index contributed by atoms with van der Waals surface area (Å²) in [6.45, 7) is 0.895. The van der Waals surface area contributed by atoms with Gasteiger partial charge in [-0.05, 0) is 55.8 Å². The molecule has 1 amide bonds. The molecule has 3 heteroatoms. The lowest BCUT2D eigenvalue weighted by molar-refractivity contribution is -0.123. The molecule has 3 aliphatic carbocycles. The predicted molar refractivity (Wildman–Crippen MR) is 76.6 cm³/mol. The highest BCUT2D eigenvalue weighted by Gasteiger charge is 2.67. The zero-order valence-electron chi connectivity index (χ0n) is 11.0. The van der Waals surface area contributed by atoms with Crippen LogP contribution in [0.5, 0.6) is 0 Å². The molecule has 0 spiro atoms. The number of halogens is 1. The van der Waals surface area contributed by atoms with Crippen molar-refractivity contribution in [1.82, 2.24) is 5.32 Å². The van der Waals surface area contributed by atoms with Crippen LogP contribution in [-0.2, 0) is 4.79 Å². The minimum absolute atomic E-state index is 0.377. The van der Waals surface area contributed by atoms with Gasteiger partial charge < -0.3 is 5.32 Å². The molecule has 3 fully saturated rings. The van der Waals surface area contributed by atoms with Crippen LogP contribution >= 0.6 is 15.9 Å². The number of nitrogens with one attached hydrogen (secondary N) is 1. The van der Waals surface area contributed by atoms with Gasteiger partial charge in [-0.15, -0.1) is 0 Å². The Labute approximate surface area is 118 Å². The number of hydrogen-bond acceptors (Lipinski definition) is 1. The number of rotatable bonds is 7. The molecule has 102 valence electrons. The van der Waals surface area contributed by atoms with E-state index < -0.39 is 0 Å².